The number of ether oxygens (including phenoxy) is 1. The molecule has 1 fully saturated rings. The van der Waals surface area contributed by atoms with Crippen LogP contribution in [0, 0.1) is 5.92 Å². The summed E-state index contributed by atoms with van der Waals surface area (Å²) in [6, 6.07) is 3.43. The number of β-lactam (4-membered cyclic amide) rings is 1. The van der Waals surface area contributed by atoms with Crippen LogP contribution in [-0.2, 0) is 9.59 Å². The van der Waals surface area contributed by atoms with Crippen molar-refractivity contribution in [1.82, 2.24) is 9.88 Å². The minimum absolute atomic E-state index is 0.0464. The average Bonchev–Trinajstić information content (AvgIpc) is 2.80. The molecule has 0 aromatic carbocycles. The van der Waals surface area contributed by atoms with Gasteiger partial charge in [0, 0.05) is 6.20 Å². The molecular formula is C14H14N2O5S. The summed E-state index contributed by atoms with van der Waals surface area (Å²) in [6.07, 6.45) is 2.32. The molecule has 2 aliphatic heterocycles. The normalized spacial score (nSPS) is 24.8. The van der Waals surface area contributed by atoms with Crippen molar-refractivity contribution in [2.45, 2.75) is 18.4 Å². The summed E-state index contributed by atoms with van der Waals surface area (Å²) >= 11 is 1.25. The number of nitrogens with zero attached hydrogens (tertiary/aromatic N) is 2. The predicted octanol–water partition coefficient (Wildman–Crippen LogP) is 0.669. The van der Waals surface area contributed by atoms with Gasteiger partial charge in [0.25, 0.3) is 0 Å². The van der Waals surface area contributed by atoms with Gasteiger partial charge in [-0.1, -0.05) is 11.8 Å². The molecule has 0 saturated carbocycles. The first-order valence-electron chi connectivity index (χ1n) is 6.67. The van der Waals surface area contributed by atoms with Crippen molar-refractivity contribution < 1.29 is 24.5 Å². The average molecular weight is 322 g/mol. The fourth-order valence-electron chi connectivity index (χ4n) is 2.54. The maximum atomic E-state index is 12.0. The lowest BCUT2D eigenvalue weighted by Crippen LogP contribution is -2.60. The molecule has 0 bridgehead atoms. The predicted molar refractivity (Wildman–Crippen MR) is 77.8 cm³/mol. The van der Waals surface area contributed by atoms with Gasteiger partial charge < -0.3 is 14.9 Å². The standard InChI is InChI=1S/C14H14N2O5S/c1-7(17)10-12(18)16-11(14(19)20)9(22-13(10)16)6-21-8-3-2-4-15-5-8/h2-5,7,10,13,17H,6H2,1H3,(H,19,20)/t7-,10+,13-/m1/s1. The number of pyridine rings is 1. The Balaban J connectivity index is 1.78. The van der Waals surface area contributed by atoms with E-state index < -0.39 is 18.0 Å². The van der Waals surface area contributed by atoms with E-state index in [-0.39, 0.29) is 23.6 Å². The highest BCUT2D eigenvalue weighted by molar-refractivity contribution is 8.04. The van der Waals surface area contributed by atoms with Gasteiger partial charge in [-0.25, -0.2) is 4.79 Å². The molecule has 1 aromatic heterocycles. The van der Waals surface area contributed by atoms with Gasteiger partial charge in [-0.2, -0.15) is 0 Å². The van der Waals surface area contributed by atoms with E-state index in [9.17, 15) is 19.8 Å². The van der Waals surface area contributed by atoms with Crippen molar-refractivity contribution in [3.8, 4) is 5.75 Å². The van der Waals surface area contributed by atoms with Crippen molar-refractivity contribution in [2.75, 3.05) is 6.61 Å². The van der Waals surface area contributed by atoms with Gasteiger partial charge in [-0.15, -0.1) is 0 Å². The van der Waals surface area contributed by atoms with Crippen molar-refractivity contribution >= 4 is 23.6 Å². The third-order valence-electron chi connectivity index (χ3n) is 3.58. The summed E-state index contributed by atoms with van der Waals surface area (Å²) in [4.78, 5) is 29.1. The molecule has 1 saturated heterocycles. The number of thioether (sulfide) groups is 1. The van der Waals surface area contributed by atoms with Crippen molar-refractivity contribution in [2.24, 2.45) is 5.92 Å². The zero-order chi connectivity index (χ0) is 15.9. The van der Waals surface area contributed by atoms with Crippen LogP contribution in [0.2, 0.25) is 0 Å². The third kappa shape index (κ3) is 2.34. The molecule has 0 radical (unpaired) electrons. The first kappa shape index (κ1) is 14.9. The summed E-state index contributed by atoms with van der Waals surface area (Å²) in [5.41, 5.74) is -0.0548. The van der Waals surface area contributed by atoms with Crippen molar-refractivity contribution in [3.63, 3.8) is 0 Å². The van der Waals surface area contributed by atoms with Crippen LogP contribution in [0.1, 0.15) is 6.92 Å². The Morgan fingerprint density at radius 2 is 2.36 bits per heavy atom. The van der Waals surface area contributed by atoms with Crippen molar-refractivity contribution in [3.05, 3.63) is 35.1 Å². The summed E-state index contributed by atoms with van der Waals surface area (Å²) in [5.74, 6) is -1.58. The van der Waals surface area contributed by atoms with Crippen LogP contribution >= 0.6 is 11.8 Å². The molecule has 1 amide bonds. The highest BCUT2D eigenvalue weighted by atomic mass is 32.2. The number of amides is 1. The lowest BCUT2D eigenvalue weighted by Gasteiger charge is -2.43. The molecule has 3 atom stereocenters. The van der Waals surface area contributed by atoms with E-state index in [2.05, 4.69) is 4.98 Å². The number of rotatable bonds is 5. The molecule has 2 N–H and O–H groups in total. The van der Waals surface area contributed by atoms with Gasteiger partial charge in [-0.3, -0.25) is 14.7 Å². The minimum atomic E-state index is -1.17. The van der Waals surface area contributed by atoms with E-state index in [0.29, 0.717) is 10.7 Å². The highest BCUT2D eigenvalue weighted by Crippen LogP contribution is 2.50. The molecule has 0 spiro atoms. The van der Waals surface area contributed by atoms with Gasteiger partial charge in [0.1, 0.15) is 23.4 Å². The Kier molecular flexibility index (Phi) is 3.79. The monoisotopic (exact) mass is 322 g/mol. The number of carbonyl (C=O) groups excluding carboxylic acids is 1. The second-order valence-corrected chi connectivity index (χ2v) is 6.25. The number of aromatic nitrogens is 1. The Morgan fingerprint density at radius 1 is 1.59 bits per heavy atom. The van der Waals surface area contributed by atoms with Gasteiger partial charge in [0.2, 0.25) is 5.91 Å². The molecule has 0 aliphatic carbocycles. The molecule has 8 heteroatoms. The number of fused-ring (bicyclic) bond motifs is 1. The number of hydrogen-bond acceptors (Lipinski definition) is 6. The van der Waals surface area contributed by atoms with Gasteiger partial charge in [-0.05, 0) is 19.1 Å². The van der Waals surface area contributed by atoms with Gasteiger partial charge >= 0.3 is 5.97 Å². The van der Waals surface area contributed by atoms with Crippen LogP contribution in [0.25, 0.3) is 0 Å². The largest absolute Gasteiger partial charge is 0.487 e. The molecular weight excluding hydrogens is 308 g/mol. The molecule has 0 unspecified atom stereocenters. The fraction of sp³-hybridized carbons (Fsp3) is 0.357. The highest BCUT2D eigenvalue weighted by Gasteiger charge is 2.57. The molecule has 3 heterocycles. The summed E-state index contributed by atoms with van der Waals surface area (Å²) < 4.78 is 5.52. The zero-order valence-electron chi connectivity index (χ0n) is 11.7. The zero-order valence-corrected chi connectivity index (χ0v) is 12.5. The maximum absolute atomic E-state index is 12.0. The van der Waals surface area contributed by atoms with E-state index >= 15 is 0 Å². The van der Waals surface area contributed by atoms with Crippen LogP contribution in [0.4, 0.5) is 0 Å². The summed E-state index contributed by atoms with van der Waals surface area (Å²) in [7, 11) is 0. The van der Waals surface area contributed by atoms with Gasteiger partial charge in [0.05, 0.1) is 23.1 Å². The Labute approximate surface area is 130 Å². The van der Waals surface area contributed by atoms with Crippen molar-refractivity contribution in [1.29, 1.82) is 0 Å². The smallest absolute Gasteiger partial charge is 0.353 e. The first-order valence-corrected chi connectivity index (χ1v) is 7.55. The molecule has 2 aliphatic rings. The summed E-state index contributed by atoms with van der Waals surface area (Å²) in [5, 5.41) is 18.6. The van der Waals surface area contributed by atoms with E-state index in [1.807, 2.05) is 0 Å². The number of carboxylic acids is 1. The van der Waals surface area contributed by atoms with Crippen LogP contribution in [-0.4, -0.2) is 50.1 Å². The SMILES string of the molecule is C[C@@H](O)[C@H]1C(=O)N2C(C(=O)O)=C(COc3cccnc3)S[C@H]12. The lowest BCUT2D eigenvalue weighted by atomic mass is 9.92. The van der Waals surface area contributed by atoms with Crippen LogP contribution in [0.3, 0.4) is 0 Å². The minimum Gasteiger partial charge on any atom is -0.487 e. The molecule has 116 valence electrons. The second-order valence-electron chi connectivity index (χ2n) is 5.04. The summed E-state index contributed by atoms with van der Waals surface area (Å²) in [6.45, 7) is 1.58. The first-order chi connectivity index (χ1) is 10.5. The Bertz CT molecular complexity index is 646. The molecule has 3 rings (SSSR count). The quantitative estimate of drug-likeness (QED) is 0.768. The lowest BCUT2D eigenvalue weighted by molar-refractivity contribution is -0.156. The number of carbonyl (C=O) groups is 2. The second kappa shape index (κ2) is 5.62. The van der Waals surface area contributed by atoms with E-state index in [0.717, 1.165) is 0 Å². The van der Waals surface area contributed by atoms with Crippen LogP contribution < -0.4 is 4.74 Å². The Hall–Kier alpha value is -2.06. The van der Waals surface area contributed by atoms with E-state index in [1.54, 1.807) is 18.3 Å². The third-order valence-corrected chi connectivity index (χ3v) is 4.92. The maximum Gasteiger partial charge on any atom is 0.353 e. The topological polar surface area (TPSA) is 100.0 Å². The molecule has 7 nitrogen and oxygen atoms in total. The fourth-order valence-corrected chi connectivity index (χ4v) is 4.06. The number of aliphatic hydroxyl groups is 1. The number of carboxylic acid groups (broad SMARTS) is 1. The van der Waals surface area contributed by atoms with Crippen LogP contribution in [0.15, 0.2) is 35.1 Å². The van der Waals surface area contributed by atoms with Crippen LogP contribution in [0.5, 0.6) is 5.75 Å². The number of aliphatic carboxylic acids is 1. The molecule has 22 heavy (non-hydrogen) atoms. The molecule has 1 aromatic rings. The number of hydrogen-bond donors (Lipinski definition) is 2. The van der Waals surface area contributed by atoms with Gasteiger partial charge in [0.15, 0.2) is 0 Å². The Morgan fingerprint density at radius 3 is 2.95 bits per heavy atom. The number of aliphatic hydroxyl groups excluding tert-OH is 1. The van der Waals surface area contributed by atoms with E-state index in [1.165, 1.54) is 29.8 Å². The van der Waals surface area contributed by atoms with E-state index in [4.69, 9.17) is 4.74 Å².